The molecule has 1 atom stereocenters. The van der Waals surface area contributed by atoms with Gasteiger partial charge in [0, 0.05) is 49.9 Å². The number of benzene rings is 1. The van der Waals surface area contributed by atoms with E-state index in [-0.39, 0.29) is 51.6 Å². The molecule has 0 aliphatic heterocycles. The molecule has 0 fully saturated rings. The molecule has 1 aromatic rings. The number of anilines is 1. The summed E-state index contributed by atoms with van der Waals surface area (Å²) < 4.78 is 2.59. The zero-order valence-corrected chi connectivity index (χ0v) is 34.5. The lowest BCUT2D eigenvalue weighted by atomic mass is 9.97. The van der Waals surface area contributed by atoms with E-state index in [0.29, 0.717) is 37.8 Å². The summed E-state index contributed by atoms with van der Waals surface area (Å²) in [5.41, 5.74) is 1.54. The molecule has 0 aromatic heterocycles. The summed E-state index contributed by atoms with van der Waals surface area (Å²) in [6.45, 7) is -0.291. The van der Waals surface area contributed by atoms with Gasteiger partial charge in [0.05, 0.1) is 44.3 Å². The number of unbranched alkanes of at least 4 members (excludes halogenated alkanes) is 2. The molecule has 1 unspecified atom stereocenters. The Morgan fingerprint density at radius 2 is 1.16 bits per heavy atom. The van der Waals surface area contributed by atoms with E-state index in [2.05, 4.69) is 78.4 Å². The topological polar surface area (TPSA) is 254 Å². The minimum Gasteiger partial charge on any atom is -0.481 e. The Kier molecular flexibility index (Phi) is 22.6. The molecular formula is C31H44I3N5O12. The van der Waals surface area contributed by atoms with Crippen molar-refractivity contribution in [3.05, 3.63) is 22.3 Å². The Morgan fingerprint density at radius 1 is 0.667 bits per heavy atom. The van der Waals surface area contributed by atoms with Crippen molar-refractivity contribution in [1.82, 2.24) is 20.0 Å². The second-order valence-electron chi connectivity index (χ2n) is 11.6. The summed E-state index contributed by atoms with van der Waals surface area (Å²) in [4.78, 5) is 85.7. The van der Waals surface area contributed by atoms with Gasteiger partial charge in [-0.2, -0.15) is 0 Å². The van der Waals surface area contributed by atoms with Crippen LogP contribution < -0.4 is 10.6 Å². The predicted octanol–water partition coefficient (Wildman–Crippen LogP) is 2.01. The largest absolute Gasteiger partial charge is 0.481 e. The van der Waals surface area contributed by atoms with Gasteiger partial charge >= 0.3 is 29.8 Å². The summed E-state index contributed by atoms with van der Waals surface area (Å²) in [7, 11) is 0. The van der Waals surface area contributed by atoms with Crippen LogP contribution in [0, 0.1) is 16.6 Å². The molecule has 20 heteroatoms. The van der Waals surface area contributed by atoms with Gasteiger partial charge in [0.2, 0.25) is 11.8 Å². The van der Waals surface area contributed by atoms with Crippen LogP contribution in [0.25, 0.3) is 0 Å². The van der Waals surface area contributed by atoms with Crippen molar-refractivity contribution in [3.8, 4) is 0 Å². The van der Waals surface area contributed by atoms with Crippen molar-refractivity contribution in [3.63, 3.8) is 0 Å². The van der Waals surface area contributed by atoms with E-state index < -0.39 is 67.9 Å². The van der Waals surface area contributed by atoms with Gasteiger partial charge in [0.25, 0.3) is 0 Å². The van der Waals surface area contributed by atoms with Crippen molar-refractivity contribution in [2.45, 2.75) is 45.4 Å². The van der Waals surface area contributed by atoms with Crippen molar-refractivity contribution < 1.29 is 59.1 Å². The molecule has 7 N–H and O–H groups in total. The molecule has 1 aromatic carbocycles. The average Bonchev–Trinajstić information content (AvgIpc) is 3.00. The van der Waals surface area contributed by atoms with E-state index in [1.54, 1.807) is 0 Å². The molecule has 0 saturated heterocycles. The second-order valence-corrected chi connectivity index (χ2v) is 15.0. The van der Waals surface area contributed by atoms with Crippen LogP contribution in [0.5, 0.6) is 0 Å². The Hall–Kier alpha value is -2.42. The monoisotopic (exact) mass is 1060 g/mol. The quantitative estimate of drug-likeness (QED) is 0.0492. The van der Waals surface area contributed by atoms with Crippen LogP contribution in [0.1, 0.15) is 44.6 Å². The maximum Gasteiger partial charge on any atom is 0.317 e. The minimum absolute atomic E-state index is 0.00134. The average molecular weight is 1060 g/mol. The summed E-state index contributed by atoms with van der Waals surface area (Å²) in [6, 6.07) is 1.91. The fraction of sp³-hybridized carbons (Fsp3) is 0.581. The van der Waals surface area contributed by atoms with E-state index in [9.17, 15) is 48.9 Å². The molecule has 51 heavy (non-hydrogen) atoms. The first-order valence-corrected chi connectivity index (χ1v) is 19.2. The summed E-state index contributed by atoms with van der Waals surface area (Å²) in [5.74, 6) is -6.91. The highest BCUT2D eigenvalue weighted by Gasteiger charge is 2.23. The number of nitrogens with zero attached hydrogens (tertiary/aromatic N) is 3. The molecule has 0 spiro atoms. The highest BCUT2D eigenvalue weighted by molar-refractivity contribution is 14.1. The number of rotatable bonds is 27. The molecule has 1 rings (SSSR count). The molecule has 2 amide bonds. The smallest absolute Gasteiger partial charge is 0.317 e. The molecule has 0 aliphatic carbocycles. The Balaban J connectivity index is 2.61. The first kappa shape index (κ1) is 46.6. The third-order valence-electron chi connectivity index (χ3n) is 7.49. The maximum atomic E-state index is 12.8. The second kappa shape index (κ2) is 24.8. The molecule has 0 radical (unpaired) electrons. The fourth-order valence-electron chi connectivity index (χ4n) is 4.89. The van der Waals surface area contributed by atoms with Crippen LogP contribution in [-0.4, -0.2) is 147 Å². The third-order valence-corrected chi connectivity index (χ3v) is 10.5. The highest BCUT2D eigenvalue weighted by Crippen LogP contribution is 2.33. The number of nitrogens with one attached hydrogen (secondary N) is 2. The third kappa shape index (κ3) is 19.8. The number of hydrogen-bond donors (Lipinski definition) is 7. The van der Waals surface area contributed by atoms with Crippen LogP contribution >= 0.6 is 67.8 Å². The standard InChI is InChI=1S/C31H44I3N5O12/c1-2-19(31(50)51)12-20-21(32)13-22(33)30(29(20)34)36-23(40)6-4-3-5-7-35-24(41)14-38(16-26(44)45)10-8-37(15-25(42)43)9-11-39(17-27(46)47)18-28(48)49/h13,19H,2-12,14-18H2,1H3,(H,35,41)(H,36,40)(H,42,43)(H,44,45)(H,46,47)(H,48,49)(H,50,51). The zero-order chi connectivity index (χ0) is 38.7. The Labute approximate surface area is 336 Å². The van der Waals surface area contributed by atoms with Crippen LogP contribution in [0.2, 0.25) is 0 Å². The maximum absolute atomic E-state index is 12.8. The normalized spacial score (nSPS) is 11.8. The van der Waals surface area contributed by atoms with E-state index in [0.717, 1.165) is 21.2 Å². The molecular weight excluding hydrogens is 1020 g/mol. The first-order chi connectivity index (χ1) is 23.9. The van der Waals surface area contributed by atoms with Gasteiger partial charge in [-0.25, -0.2) is 0 Å². The predicted molar refractivity (Wildman–Crippen MR) is 210 cm³/mol. The van der Waals surface area contributed by atoms with E-state index >= 15 is 0 Å². The van der Waals surface area contributed by atoms with Crippen LogP contribution in [0.4, 0.5) is 5.69 Å². The van der Waals surface area contributed by atoms with Gasteiger partial charge in [-0.05, 0) is 105 Å². The number of amides is 2. The van der Waals surface area contributed by atoms with Crippen molar-refractivity contribution >= 4 is 115 Å². The molecule has 0 bridgehead atoms. The van der Waals surface area contributed by atoms with Crippen LogP contribution in [-0.2, 0) is 40.0 Å². The number of carbonyl (C=O) groups is 7. The summed E-state index contributed by atoms with van der Waals surface area (Å²) in [5, 5.41) is 51.9. The van der Waals surface area contributed by atoms with Gasteiger partial charge in [-0.3, -0.25) is 48.3 Å². The van der Waals surface area contributed by atoms with Gasteiger partial charge < -0.3 is 36.2 Å². The summed E-state index contributed by atoms with van der Waals surface area (Å²) >= 11 is 6.46. The Bertz CT molecular complexity index is 1380. The Morgan fingerprint density at radius 3 is 1.65 bits per heavy atom. The van der Waals surface area contributed by atoms with Crippen LogP contribution in [0.15, 0.2) is 6.07 Å². The number of carboxylic acid groups (broad SMARTS) is 5. The molecule has 0 saturated carbocycles. The van der Waals surface area contributed by atoms with Crippen molar-refractivity contribution in [2.75, 3.05) is 70.8 Å². The molecule has 0 aliphatic rings. The van der Waals surface area contributed by atoms with E-state index in [1.807, 2.05) is 13.0 Å². The van der Waals surface area contributed by atoms with Gasteiger partial charge in [-0.1, -0.05) is 13.3 Å². The summed E-state index contributed by atoms with van der Waals surface area (Å²) in [6.07, 6.45) is 2.81. The highest BCUT2D eigenvalue weighted by atomic mass is 127. The van der Waals surface area contributed by atoms with Gasteiger partial charge in [0.15, 0.2) is 0 Å². The van der Waals surface area contributed by atoms with Gasteiger partial charge in [-0.15, -0.1) is 0 Å². The number of hydrogen-bond acceptors (Lipinski definition) is 10. The lowest BCUT2D eigenvalue weighted by Crippen LogP contribution is -2.46. The number of carbonyl (C=O) groups excluding carboxylic acids is 2. The fourth-order valence-corrected chi connectivity index (χ4v) is 8.97. The lowest BCUT2D eigenvalue weighted by Gasteiger charge is -2.27. The number of halogens is 3. The molecule has 286 valence electrons. The van der Waals surface area contributed by atoms with Crippen molar-refractivity contribution in [1.29, 1.82) is 0 Å². The van der Waals surface area contributed by atoms with Gasteiger partial charge in [0.1, 0.15) is 0 Å². The molecule has 17 nitrogen and oxygen atoms in total. The minimum atomic E-state index is -1.25. The lowest BCUT2D eigenvalue weighted by molar-refractivity contribution is -0.143. The van der Waals surface area contributed by atoms with Crippen molar-refractivity contribution in [2.24, 2.45) is 5.92 Å². The SMILES string of the molecule is CCC(Cc1c(I)cc(I)c(NC(=O)CCCCCNC(=O)CN(CCN(CCN(CC(=O)O)CC(=O)O)CC(=O)O)CC(=O)O)c1I)C(=O)O. The van der Waals surface area contributed by atoms with E-state index in [4.69, 9.17) is 10.2 Å². The number of carboxylic acids is 5. The molecule has 0 heterocycles. The first-order valence-electron chi connectivity index (χ1n) is 15.9. The van der Waals surface area contributed by atoms with E-state index in [1.165, 1.54) is 9.80 Å². The van der Waals surface area contributed by atoms with Crippen LogP contribution in [0.3, 0.4) is 0 Å². The zero-order valence-electron chi connectivity index (χ0n) is 28.0. The number of aliphatic carboxylic acids is 5.